The van der Waals surface area contributed by atoms with Crippen molar-refractivity contribution in [2.24, 2.45) is 0 Å². The van der Waals surface area contributed by atoms with Crippen LogP contribution in [0.15, 0.2) is 30.8 Å². The van der Waals surface area contributed by atoms with Crippen molar-refractivity contribution in [3.8, 4) is 0 Å². The Morgan fingerprint density at radius 2 is 2.07 bits per heavy atom. The van der Waals surface area contributed by atoms with E-state index < -0.39 is 0 Å². The molecule has 2 nitrogen and oxygen atoms in total. The number of benzene rings is 1. The van der Waals surface area contributed by atoms with E-state index in [1.165, 1.54) is 5.56 Å². The van der Waals surface area contributed by atoms with Gasteiger partial charge in [0.1, 0.15) is 0 Å². The molecule has 0 aliphatic carbocycles. The Balaban J connectivity index is 2.37. The maximum atomic E-state index is 10.9. The van der Waals surface area contributed by atoms with Gasteiger partial charge in [-0.1, -0.05) is 43.8 Å². The number of carbonyl (C=O) groups is 1. The molecule has 0 heterocycles. The molecule has 0 fully saturated rings. The Morgan fingerprint density at radius 1 is 1.40 bits per heavy atom. The molecule has 2 heteroatoms. The fourth-order valence-electron chi connectivity index (χ4n) is 1.21. The molecule has 0 saturated carbocycles. The van der Waals surface area contributed by atoms with Crippen LogP contribution in [0.4, 0.5) is 0 Å². The van der Waals surface area contributed by atoms with E-state index in [4.69, 9.17) is 4.74 Å². The van der Waals surface area contributed by atoms with E-state index in [-0.39, 0.29) is 5.97 Å². The molecular formula is C13H16O2. The number of ether oxygens (including phenoxy) is 1. The van der Waals surface area contributed by atoms with Crippen molar-refractivity contribution in [3.63, 3.8) is 0 Å². The third-order valence-corrected chi connectivity index (χ3v) is 2.16. The van der Waals surface area contributed by atoms with Gasteiger partial charge in [-0.3, -0.25) is 4.79 Å². The molecule has 80 valence electrons. The summed E-state index contributed by atoms with van der Waals surface area (Å²) in [6.07, 6.45) is 3.01. The highest BCUT2D eigenvalue weighted by atomic mass is 16.5. The molecule has 0 aromatic heterocycles. The summed E-state index contributed by atoms with van der Waals surface area (Å²) in [6, 6.07) is 8.06. The second-order valence-corrected chi connectivity index (χ2v) is 3.27. The first-order valence-electron chi connectivity index (χ1n) is 5.13. The van der Waals surface area contributed by atoms with E-state index in [2.05, 4.69) is 6.58 Å². The molecule has 0 spiro atoms. The van der Waals surface area contributed by atoms with Crippen molar-refractivity contribution >= 4 is 12.0 Å². The standard InChI is InChI=1S/C13H16O2/c1-3-11-5-7-12(8-6-11)9-10-15-13(14)4-2/h3,5-8H,1,4,9-10H2,2H3. The van der Waals surface area contributed by atoms with Gasteiger partial charge >= 0.3 is 5.97 Å². The van der Waals surface area contributed by atoms with Gasteiger partial charge in [-0.05, 0) is 11.1 Å². The first-order chi connectivity index (χ1) is 7.26. The van der Waals surface area contributed by atoms with Crippen LogP contribution >= 0.6 is 0 Å². The van der Waals surface area contributed by atoms with E-state index in [1.807, 2.05) is 24.3 Å². The number of carbonyl (C=O) groups excluding carboxylic acids is 1. The highest BCUT2D eigenvalue weighted by Crippen LogP contribution is 2.06. The van der Waals surface area contributed by atoms with Crippen molar-refractivity contribution in [2.75, 3.05) is 6.61 Å². The summed E-state index contributed by atoms with van der Waals surface area (Å²) in [5, 5.41) is 0. The lowest BCUT2D eigenvalue weighted by Gasteiger charge is -2.03. The van der Waals surface area contributed by atoms with Gasteiger partial charge in [0.2, 0.25) is 0 Å². The van der Waals surface area contributed by atoms with Crippen molar-refractivity contribution in [3.05, 3.63) is 42.0 Å². The van der Waals surface area contributed by atoms with Crippen molar-refractivity contribution in [1.29, 1.82) is 0 Å². The molecule has 15 heavy (non-hydrogen) atoms. The van der Waals surface area contributed by atoms with E-state index in [1.54, 1.807) is 13.0 Å². The van der Waals surface area contributed by atoms with Crippen LogP contribution < -0.4 is 0 Å². The predicted octanol–water partition coefficient (Wildman–Crippen LogP) is 2.83. The summed E-state index contributed by atoms with van der Waals surface area (Å²) in [7, 11) is 0. The summed E-state index contributed by atoms with van der Waals surface area (Å²) in [5.41, 5.74) is 2.27. The smallest absolute Gasteiger partial charge is 0.305 e. The average Bonchev–Trinajstić information content (AvgIpc) is 2.29. The lowest BCUT2D eigenvalue weighted by atomic mass is 10.1. The molecule has 0 aliphatic rings. The molecule has 0 aliphatic heterocycles. The summed E-state index contributed by atoms with van der Waals surface area (Å²) < 4.78 is 4.99. The van der Waals surface area contributed by atoms with Gasteiger partial charge in [-0.25, -0.2) is 0 Å². The van der Waals surface area contributed by atoms with Crippen LogP contribution in [0.5, 0.6) is 0 Å². The minimum absolute atomic E-state index is 0.141. The second kappa shape index (κ2) is 6.02. The first-order valence-corrected chi connectivity index (χ1v) is 5.13. The summed E-state index contributed by atoms with van der Waals surface area (Å²) in [4.78, 5) is 10.9. The first kappa shape index (κ1) is 11.5. The van der Waals surface area contributed by atoms with Crippen LogP contribution in [0.25, 0.3) is 6.08 Å². The Hall–Kier alpha value is -1.57. The molecule has 1 aromatic rings. The third-order valence-electron chi connectivity index (χ3n) is 2.16. The van der Waals surface area contributed by atoms with E-state index in [0.717, 1.165) is 12.0 Å². The average molecular weight is 204 g/mol. The Labute approximate surface area is 90.6 Å². The van der Waals surface area contributed by atoms with E-state index in [9.17, 15) is 4.79 Å². The zero-order chi connectivity index (χ0) is 11.1. The minimum Gasteiger partial charge on any atom is -0.465 e. The van der Waals surface area contributed by atoms with Gasteiger partial charge in [0.25, 0.3) is 0 Å². The summed E-state index contributed by atoms with van der Waals surface area (Å²) in [5.74, 6) is -0.141. The molecule has 1 aromatic carbocycles. The maximum Gasteiger partial charge on any atom is 0.305 e. The van der Waals surface area contributed by atoms with Crippen LogP contribution in [-0.2, 0) is 16.0 Å². The second-order valence-electron chi connectivity index (χ2n) is 3.27. The third kappa shape index (κ3) is 3.98. The largest absolute Gasteiger partial charge is 0.465 e. The fourth-order valence-corrected chi connectivity index (χ4v) is 1.21. The molecule has 0 saturated heterocycles. The van der Waals surface area contributed by atoms with Gasteiger partial charge in [0.15, 0.2) is 0 Å². The molecule has 0 radical (unpaired) electrons. The van der Waals surface area contributed by atoms with Crippen LogP contribution in [0.1, 0.15) is 24.5 Å². The molecule has 0 bridgehead atoms. The van der Waals surface area contributed by atoms with Crippen LogP contribution in [0.2, 0.25) is 0 Å². The van der Waals surface area contributed by atoms with E-state index in [0.29, 0.717) is 13.0 Å². The van der Waals surface area contributed by atoms with Crippen LogP contribution in [0.3, 0.4) is 0 Å². The molecule has 0 unspecified atom stereocenters. The van der Waals surface area contributed by atoms with Crippen molar-refractivity contribution in [2.45, 2.75) is 19.8 Å². The number of hydrogen-bond donors (Lipinski definition) is 0. The maximum absolute atomic E-state index is 10.9. The summed E-state index contributed by atoms with van der Waals surface area (Å²) >= 11 is 0. The number of rotatable bonds is 5. The lowest BCUT2D eigenvalue weighted by Crippen LogP contribution is -2.05. The zero-order valence-electron chi connectivity index (χ0n) is 9.03. The van der Waals surface area contributed by atoms with Crippen molar-refractivity contribution in [1.82, 2.24) is 0 Å². The Morgan fingerprint density at radius 3 is 2.60 bits per heavy atom. The Kier molecular flexibility index (Phi) is 4.61. The number of hydrogen-bond acceptors (Lipinski definition) is 2. The quantitative estimate of drug-likeness (QED) is 0.689. The SMILES string of the molecule is C=Cc1ccc(CCOC(=O)CC)cc1. The molecule has 0 atom stereocenters. The van der Waals surface area contributed by atoms with Gasteiger partial charge in [-0.2, -0.15) is 0 Å². The molecule has 0 N–H and O–H groups in total. The predicted molar refractivity (Wildman–Crippen MR) is 61.5 cm³/mol. The monoisotopic (exact) mass is 204 g/mol. The topological polar surface area (TPSA) is 26.3 Å². The van der Waals surface area contributed by atoms with Gasteiger partial charge < -0.3 is 4.74 Å². The normalized spacial score (nSPS) is 9.67. The van der Waals surface area contributed by atoms with E-state index >= 15 is 0 Å². The van der Waals surface area contributed by atoms with Gasteiger partial charge in [0, 0.05) is 12.8 Å². The molecular weight excluding hydrogens is 188 g/mol. The number of esters is 1. The van der Waals surface area contributed by atoms with Crippen molar-refractivity contribution < 1.29 is 9.53 Å². The van der Waals surface area contributed by atoms with Gasteiger partial charge in [0.05, 0.1) is 6.61 Å². The minimum atomic E-state index is -0.141. The lowest BCUT2D eigenvalue weighted by molar-refractivity contribution is -0.143. The van der Waals surface area contributed by atoms with Crippen LogP contribution in [-0.4, -0.2) is 12.6 Å². The van der Waals surface area contributed by atoms with Gasteiger partial charge in [-0.15, -0.1) is 0 Å². The summed E-state index contributed by atoms with van der Waals surface area (Å²) in [6.45, 7) is 5.94. The van der Waals surface area contributed by atoms with Crippen LogP contribution in [0, 0.1) is 0 Å². The fraction of sp³-hybridized carbons (Fsp3) is 0.308. The molecule has 0 amide bonds. The highest BCUT2D eigenvalue weighted by Gasteiger charge is 1.98. The highest BCUT2D eigenvalue weighted by molar-refractivity contribution is 5.68. The molecule has 1 rings (SSSR count). The Bertz CT molecular complexity index is 325. The zero-order valence-corrected chi connectivity index (χ0v) is 9.03.